The predicted octanol–water partition coefficient (Wildman–Crippen LogP) is 1.18. The zero-order chi connectivity index (χ0) is 14.3. The summed E-state index contributed by atoms with van der Waals surface area (Å²) < 4.78 is 4.51. The fraction of sp³-hybridized carbons (Fsp3) is 0.500. The van der Waals surface area contributed by atoms with Crippen LogP contribution in [0.5, 0.6) is 0 Å². The van der Waals surface area contributed by atoms with Gasteiger partial charge in [-0.05, 0) is 24.5 Å². The van der Waals surface area contributed by atoms with Crippen LogP contribution >= 0.6 is 0 Å². The molecule has 0 fully saturated rings. The van der Waals surface area contributed by atoms with Gasteiger partial charge in [0, 0.05) is 13.0 Å². The molecule has 0 aliphatic carbocycles. The van der Waals surface area contributed by atoms with Crippen LogP contribution in [-0.2, 0) is 9.53 Å². The van der Waals surface area contributed by atoms with Gasteiger partial charge >= 0.3 is 11.9 Å². The summed E-state index contributed by atoms with van der Waals surface area (Å²) in [6, 6.07) is 3.15. The van der Waals surface area contributed by atoms with Crippen LogP contribution in [-0.4, -0.2) is 40.9 Å². The summed E-state index contributed by atoms with van der Waals surface area (Å²) in [6.07, 6.45) is 0.742. The van der Waals surface area contributed by atoms with E-state index in [1.807, 2.05) is 6.92 Å². The summed E-state index contributed by atoms with van der Waals surface area (Å²) in [6.45, 7) is 2.55. The van der Waals surface area contributed by atoms with Crippen LogP contribution in [0.4, 0.5) is 5.82 Å². The fourth-order valence-corrected chi connectivity index (χ4v) is 1.39. The maximum atomic E-state index is 11.1. The van der Waals surface area contributed by atoms with E-state index in [0.29, 0.717) is 18.8 Å². The van der Waals surface area contributed by atoms with Gasteiger partial charge in [-0.2, -0.15) is 0 Å². The lowest BCUT2D eigenvalue weighted by molar-refractivity contribution is -0.137. The number of aliphatic carboxylic acids is 1. The predicted molar refractivity (Wildman–Crippen MR) is 67.9 cm³/mol. The first kappa shape index (κ1) is 14.9. The molecule has 0 bridgehead atoms. The van der Waals surface area contributed by atoms with Gasteiger partial charge in [0.05, 0.1) is 7.11 Å². The number of nitrogens with one attached hydrogen (secondary N) is 1. The summed E-state index contributed by atoms with van der Waals surface area (Å²) in [5.74, 6) is -0.587. The molecule has 1 atom stereocenters. The maximum absolute atomic E-state index is 11.1. The van der Waals surface area contributed by atoms with E-state index in [9.17, 15) is 9.59 Å². The highest BCUT2D eigenvalue weighted by Crippen LogP contribution is 2.08. The van der Waals surface area contributed by atoms with E-state index in [2.05, 4.69) is 20.3 Å². The Balaban J connectivity index is 2.41. The topological polar surface area (TPSA) is 101 Å². The van der Waals surface area contributed by atoms with Gasteiger partial charge in [0.1, 0.15) is 5.82 Å². The van der Waals surface area contributed by atoms with Crippen LogP contribution in [0.25, 0.3) is 0 Å². The van der Waals surface area contributed by atoms with Gasteiger partial charge in [-0.25, -0.2) is 4.79 Å². The summed E-state index contributed by atoms with van der Waals surface area (Å²) in [5.41, 5.74) is 0.145. The van der Waals surface area contributed by atoms with Crippen molar-refractivity contribution in [2.45, 2.75) is 19.8 Å². The van der Waals surface area contributed by atoms with Crippen molar-refractivity contribution in [3.8, 4) is 0 Å². The summed E-state index contributed by atoms with van der Waals surface area (Å²) >= 11 is 0. The number of methoxy groups -OCH3 is 1. The maximum Gasteiger partial charge on any atom is 0.358 e. The first-order valence-electron chi connectivity index (χ1n) is 5.90. The molecule has 0 amide bonds. The highest BCUT2D eigenvalue weighted by atomic mass is 16.5. The minimum Gasteiger partial charge on any atom is -0.481 e. The van der Waals surface area contributed by atoms with Gasteiger partial charge in [0.2, 0.25) is 0 Å². The molecule has 0 aromatic carbocycles. The Morgan fingerprint density at radius 2 is 2.16 bits per heavy atom. The quantitative estimate of drug-likeness (QED) is 0.715. The number of rotatable bonds is 7. The number of carboxylic acid groups (broad SMARTS) is 1. The Kier molecular flexibility index (Phi) is 5.72. The number of esters is 1. The monoisotopic (exact) mass is 267 g/mol. The van der Waals surface area contributed by atoms with Crippen LogP contribution < -0.4 is 5.32 Å². The van der Waals surface area contributed by atoms with Gasteiger partial charge in [0.15, 0.2) is 5.69 Å². The molecule has 104 valence electrons. The van der Waals surface area contributed by atoms with Crippen molar-refractivity contribution in [1.29, 1.82) is 0 Å². The Morgan fingerprint density at radius 3 is 2.68 bits per heavy atom. The summed E-state index contributed by atoms with van der Waals surface area (Å²) in [4.78, 5) is 21.6. The molecule has 7 heteroatoms. The number of anilines is 1. The van der Waals surface area contributed by atoms with Gasteiger partial charge in [-0.15, -0.1) is 10.2 Å². The van der Waals surface area contributed by atoms with E-state index in [-0.39, 0.29) is 18.0 Å². The minimum absolute atomic E-state index is 0.145. The number of carbonyl (C=O) groups is 2. The lowest BCUT2D eigenvalue weighted by atomic mass is 10.1. The molecule has 7 nitrogen and oxygen atoms in total. The first-order chi connectivity index (χ1) is 9.02. The molecule has 0 saturated carbocycles. The van der Waals surface area contributed by atoms with Crippen LogP contribution in [0.15, 0.2) is 12.1 Å². The third-order valence-electron chi connectivity index (χ3n) is 2.54. The van der Waals surface area contributed by atoms with Crippen molar-refractivity contribution in [2.75, 3.05) is 19.0 Å². The Labute approximate surface area is 111 Å². The SMILES string of the molecule is COC(=O)c1ccc(NCC(C)CCC(=O)O)nn1. The van der Waals surface area contributed by atoms with Crippen LogP contribution in [0, 0.1) is 5.92 Å². The molecule has 19 heavy (non-hydrogen) atoms. The molecule has 0 aliphatic heterocycles. The number of hydrogen-bond donors (Lipinski definition) is 2. The lowest BCUT2D eigenvalue weighted by Gasteiger charge is -2.11. The molecule has 1 aromatic heterocycles. The van der Waals surface area contributed by atoms with E-state index in [0.717, 1.165) is 0 Å². The summed E-state index contributed by atoms with van der Waals surface area (Å²) in [7, 11) is 1.28. The minimum atomic E-state index is -0.797. The molecular formula is C12H17N3O4. The number of nitrogens with zero attached hydrogens (tertiary/aromatic N) is 2. The molecule has 0 spiro atoms. The molecule has 1 rings (SSSR count). The zero-order valence-electron chi connectivity index (χ0n) is 10.9. The van der Waals surface area contributed by atoms with E-state index in [1.165, 1.54) is 13.2 Å². The fourth-order valence-electron chi connectivity index (χ4n) is 1.39. The van der Waals surface area contributed by atoms with Crippen molar-refractivity contribution in [2.24, 2.45) is 5.92 Å². The van der Waals surface area contributed by atoms with Gasteiger partial charge in [-0.3, -0.25) is 4.79 Å². The molecule has 0 saturated heterocycles. The molecule has 1 heterocycles. The number of hydrogen-bond acceptors (Lipinski definition) is 6. The van der Waals surface area contributed by atoms with Crippen LogP contribution in [0.3, 0.4) is 0 Å². The zero-order valence-corrected chi connectivity index (χ0v) is 10.9. The Morgan fingerprint density at radius 1 is 1.42 bits per heavy atom. The largest absolute Gasteiger partial charge is 0.481 e. The first-order valence-corrected chi connectivity index (χ1v) is 5.90. The van der Waals surface area contributed by atoms with E-state index in [4.69, 9.17) is 5.11 Å². The van der Waals surface area contributed by atoms with Crippen molar-refractivity contribution in [3.63, 3.8) is 0 Å². The van der Waals surface area contributed by atoms with E-state index < -0.39 is 11.9 Å². The van der Waals surface area contributed by atoms with E-state index in [1.54, 1.807) is 6.07 Å². The third kappa shape index (κ3) is 5.33. The number of carboxylic acids is 1. The molecule has 2 N–H and O–H groups in total. The highest BCUT2D eigenvalue weighted by Gasteiger charge is 2.09. The normalized spacial score (nSPS) is 11.7. The second-order valence-electron chi connectivity index (χ2n) is 4.21. The smallest absolute Gasteiger partial charge is 0.358 e. The third-order valence-corrected chi connectivity index (χ3v) is 2.54. The van der Waals surface area contributed by atoms with Crippen LogP contribution in [0.2, 0.25) is 0 Å². The van der Waals surface area contributed by atoms with Crippen molar-refractivity contribution < 1.29 is 19.4 Å². The highest BCUT2D eigenvalue weighted by molar-refractivity contribution is 5.86. The molecule has 1 aromatic rings. The standard InChI is InChI=1S/C12H17N3O4/c1-8(3-6-11(16)17)7-13-10-5-4-9(14-15-10)12(18)19-2/h4-5,8H,3,6-7H2,1-2H3,(H,13,15)(H,16,17). The van der Waals surface area contributed by atoms with Crippen molar-refractivity contribution in [3.05, 3.63) is 17.8 Å². The molecule has 0 radical (unpaired) electrons. The van der Waals surface area contributed by atoms with Gasteiger partial charge in [0.25, 0.3) is 0 Å². The Hall–Kier alpha value is -2.18. The second-order valence-corrected chi connectivity index (χ2v) is 4.21. The van der Waals surface area contributed by atoms with Crippen molar-refractivity contribution in [1.82, 2.24) is 10.2 Å². The molecule has 1 unspecified atom stereocenters. The van der Waals surface area contributed by atoms with E-state index >= 15 is 0 Å². The lowest BCUT2D eigenvalue weighted by Crippen LogP contribution is -2.14. The summed E-state index contributed by atoms with van der Waals surface area (Å²) in [5, 5.41) is 19.2. The number of carbonyl (C=O) groups excluding carboxylic acids is 1. The van der Waals surface area contributed by atoms with Crippen molar-refractivity contribution >= 4 is 17.8 Å². The second kappa shape index (κ2) is 7.30. The average Bonchev–Trinajstić information content (AvgIpc) is 2.42. The van der Waals surface area contributed by atoms with Crippen LogP contribution in [0.1, 0.15) is 30.3 Å². The molecule has 0 aliphatic rings. The van der Waals surface area contributed by atoms with Gasteiger partial charge < -0.3 is 15.2 Å². The molecular weight excluding hydrogens is 250 g/mol. The van der Waals surface area contributed by atoms with Gasteiger partial charge in [-0.1, -0.05) is 6.92 Å². The number of ether oxygens (including phenoxy) is 1. The average molecular weight is 267 g/mol. The Bertz CT molecular complexity index is 433. The number of aromatic nitrogens is 2.